The molecule has 2 aromatic rings. The van der Waals surface area contributed by atoms with Crippen LogP contribution in [0.4, 0.5) is 5.69 Å². The summed E-state index contributed by atoms with van der Waals surface area (Å²) in [5.74, 6) is 0.199. The maximum absolute atomic E-state index is 12.1. The first-order chi connectivity index (χ1) is 13.3. The number of carbonyl (C=O) groups is 3. The second-order valence-electron chi connectivity index (χ2n) is 6.53. The molecule has 0 radical (unpaired) electrons. The van der Waals surface area contributed by atoms with Gasteiger partial charge < -0.3 is 20.8 Å². The van der Waals surface area contributed by atoms with Crippen LogP contribution in [0.15, 0.2) is 40.6 Å². The van der Waals surface area contributed by atoms with Crippen molar-refractivity contribution in [1.29, 1.82) is 0 Å². The number of aldehydes is 1. The standard InChI is InChI=1S/C21H25N3O4/c1-5-16(19-9-7-13(3)28-19)24-17(18(26)11-25)10-23-20-12(2)6-8-15(14(20)4)21(22)27/h6-11,16,23-24H,5H2,1-4H3,(H2,22,27)/t16-/m1/s1. The maximum atomic E-state index is 12.1. The molecule has 7 heteroatoms. The fourth-order valence-electron chi connectivity index (χ4n) is 2.93. The Bertz CT molecular complexity index is 928. The molecular weight excluding hydrogens is 358 g/mol. The summed E-state index contributed by atoms with van der Waals surface area (Å²) in [5.41, 5.74) is 8.06. The van der Waals surface area contributed by atoms with Crippen LogP contribution in [0.3, 0.4) is 0 Å². The first kappa shape index (κ1) is 21.0. The van der Waals surface area contributed by atoms with Crippen LogP contribution in [-0.4, -0.2) is 18.0 Å². The number of primary amides is 1. The van der Waals surface area contributed by atoms with E-state index in [-0.39, 0.29) is 18.0 Å². The molecule has 1 amide bonds. The van der Waals surface area contributed by atoms with Gasteiger partial charge in [0.2, 0.25) is 11.7 Å². The minimum atomic E-state index is -0.699. The third kappa shape index (κ3) is 4.68. The number of allylic oxidation sites excluding steroid dienone is 1. The fourth-order valence-corrected chi connectivity index (χ4v) is 2.93. The molecule has 0 aliphatic rings. The van der Waals surface area contributed by atoms with Gasteiger partial charge in [-0.3, -0.25) is 14.4 Å². The van der Waals surface area contributed by atoms with Crippen molar-refractivity contribution < 1.29 is 18.8 Å². The zero-order valence-corrected chi connectivity index (χ0v) is 16.5. The summed E-state index contributed by atoms with van der Waals surface area (Å²) in [6.45, 7) is 7.40. The molecule has 0 unspecified atom stereocenters. The molecule has 0 saturated carbocycles. The topological polar surface area (TPSA) is 114 Å². The number of aryl methyl sites for hydroxylation is 2. The summed E-state index contributed by atoms with van der Waals surface area (Å²) in [5, 5.41) is 6.10. The number of nitrogens with one attached hydrogen (secondary N) is 2. The third-order valence-electron chi connectivity index (χ3n) is 4.51. The van der Waals surface area contributed by atoms with Crippen molar-refractivity contribution in [2.24, 2.45) is 5.73 Å². The van der Waals surface area contributed by atoms with E-state index in [2.05, 4.69) is 10.6 Å². The number of anilines is 1. The van der Waals surface area contributed by atoms with Crippen LogP contribution in [0.5, 0.6) is 0 Å². The lowest BCUT2D eigenvalue weighted by molar-refractivity contribution is -0.127. The average Bonchev–Trinajstić information content (AvgIpc) is 3.09. The summed E-state index contributed by atoms with van der Waals surface area (Å²) >= 11 is 0. The summed E-state index contributed by atoms with van der Waals surface area (Å²) in [4.78, 5) is 34.8. The summed E-state index contributed by atoms with van der Waals surface area (Å²) < 4.78 is 5.63. The van der Waals surface area contributed by atoms with Gasteiger partial charge in [0.15, 0.2) is 6.29 Å². The molecule has 1 atom stereocenters. The lowest BCUT2D eigenvalue weighted by Gasteiger charge is -2.18. The normalized spacial score (nSPS) is 12.4. The van der Waals surface area contributed by atoms with Crippen molar-refractivity contribution in [3.05, 3.63) is 64.4 Å². The molecule has 148 valence electrons. The van der Waals surface area contributed by atoms with Crippen LogP contribution >= 0.6 is 0 Å². The summed E-state index contributed by atoms with van der Waals surface area (Å²) in [7, 11) is 0. The van der Waals surface area contributed by atoms with Gasteiger partial charge in [-0.25, -0.2) is 0 Å². The quantitative estimate of drug-likeness (QED) is 0.348. The van der Waals surface area contributed by atoms with Gasteiger partial charge >= 0.3 is 0 Å². The van der Waals surface area contributed by atoms with Crippen LogP contribution in [-0.2, 0) is 9.59 Å². The zero-order chi connectivity index (χ0) is 20.8. The van der Waals surface area contributed by atoms with Gasteiger partial charge in [-0.2, -0.15) is 0 Å². The molecule has 1 aromatic carbocycles. The van der Waals surface area contributed by atoms with E-state index >= 15 is 0 Å². The second kappa shape index (κ2) is 9.03. The van der Waals surface area contributed by atoms with Crippen LogP contribution in [0.25, 0.3) is 0 Å². The molecule has 0 aliphatic carbocycles. The predicted molar refractivity (Wildman–Crippen MR) is 107 cm³/mol. The lowest BCUT2D eigenvalue weighted by atomic mass is 10.0. The number of Topliss-reactive ketones (excluding diaryl/α,β-unsaturated/α-hetero) is 1. The smallest absolute Gasteiger partial charge is 0.249 e. The highest BCUT2D eigenvalue weighted by Crippen LogP contribution is 2.24. The van der Waals surface area contributed by atoms with Crippen molar-refractivity contribution >= 4 is 23.7 Å². The molecule has 0 fully saturated rings. The van der Waals surface area contributed by atoms with Crippen LogP contribution in [0, 0.1) is 20.8 Å². The molecule has 1 aromatic heterocycles. The van der Waals surface area contributed by atoms with Crippen molar-refractivity contribution in [2.45, 2.75) is 40.2 Å². The third-order valence-corrected chi connectivity index (χ3v) is 4.51. The van der Waals surface area contributed by atoms with E-state index in [1.165, 1.54) is 6.20 Å². The molecule has 0 bridgehead atoms. The second-order valence-corrected chi connectivity index (χ2v) is 6.53. The van der Waals surface area contributed by atoms with E-state index in [9.17, 15) is 14.4 Å². The first-order valence-corrected chi connectivity index (χ1v) is 8.97. The predicted octanol–water partition coefficient (Wildman–Crippen LogP) is 3.07. The highest BCUT2D eigenvalue weighted by molar-refractivity contribution is 6.32. The number of rotatable bonds is 9. The van der Waals surface area contributed by atoms with Gasteiger partial charge in [-0.05, 0) is 56.5 Å². The largest absolute Gasteiger partial charge is 0.464 e. The van der Waals surface area contributed by atoms with Gasteiger partial charge in [-0.15, -0.1) is 0 Å². The number of hydrogen-bond donors (Lipinski definition) is 3. The Labute approximate surface area is 164 Å². The van der Waals surface area contributed by atoms with E-state index in [0.29, 0.717) is 29.0 Å². The SMILES string of the molecule is CC[C@@H](NC(=CNc1c(C)ccc(C(N)=O)c1C)C(=O)C=O)c1ccc(C)o1. The van der Waals surface area contributed by atoms with Crippen LogP contribution in [0.1, 0.15) is 52.4 Å². The number of nitrogens with two attached hydrogens (primary N) is 1. The Morgan fingerprint density at radius 1 is 1.18 bits per heavy atom. The number of hydrogen-bond acceptors (Lipinski definition) is 6. The molecule has 28 heavy (non-hydrogen) atoms. The Hall–Kier alpha value is -3.35. The monoisotopic (exact) mass is 383 g/mol. The Morgan fingerprint density at radius 3 is 2.43 bits per heavy atom. The Morgan fingerprint density at radius 2 is 1.89 bits per heavy atom. The fraction of sp³-hybridized carbons (Fsp3) is 0.286. The summed E-state index contributed by atoms with van der Waals surface area (Å²) in [6, 6.07) is 6.81. The molecular formula is C21H25N3O4. The van der Waals surface area contributed by atoms with Crippen molar-refractivity contribution in [1.82, 2.24) is 5.32 Å². The van der Waals surface area contributed by atoms with Gasteiger partial charge in [0.05, 0.1) is 6.04 Å². The van der Waals surface area contributed by atoms with Crippen LogP contribution in [0.2, 0.25) is 0 Å². The van der Waals surface area contributed by atoms with E-state index in [1.54, 1.807) is 19.1 Å². The first-order valence-electron chi connectivity index (χ1n) is 8.97. The Kier molecular flexibility index (Phi) is 6.76. The van der Waals surface area contributed by atoms with Crippen LogP contribution < -0.4 is 16.4 Å². The average molecular weight is 383 g/mol. The molecule has 1 heterocycles. The molecule has 0 aliphatic heterocycles. The van der Waals surface area contributed by atoms with E-state index in [0.717, 1.165) is 11.3 Å². The molecule has 2 rings (SSSR count). The van der Waals surface area contributed by atoms with Gasteiger partial charge in [0.1, 0.15) is 17.2 Å². The number of amides is 1. The molecule has 7 nitrogen and oxygen atoms in total. The van der Waals surface area contributed by atoms with Gasteiger partial charge in [0, 0.05) is 17.5 Å². The highest BCUT2D eigenvalue weighted by Gasteiger charge is 2.18. The molecule has 0 saturated heterocycles. The number of furan rings is 1. The van der Waals surface area contributed by atoms with Gasteiger partial charge in [-0.1, -0.05) is 13.0 Å². The summed E-state index contributed by atoms with van der Waals surface area (Å²) in [6.07, 6.45) is 2.32. The van der Waals surface area contributed by atoms with E-state index < -0.39 is 11.7 Å². The lowest BCUT2D eigenvalue weighted by Crippen LogP contribution is -2.26. The minimum Gasteiger partial charge on any atom is -0.464 e. The number of benzene rings is 1. The van der Waals surface area contributed by atoms with Crippen molar-refractivity contribution in [3.63, 3.8) is 0 Å². The number of carbonyl (C=O) groups excluding carboxylic acids is 3. The molecule has 0 spiro atoms. The molecule has 4 N–H and O–H groups in total. The number of ketones is 1. The van der Waals surface area contributed by atoms with Gasteiger partial charge in [0.25, 0.3) is 0 Å². The van der Waals surface area contributed by atoms with Crippen molar-refractivity contribution in [2.75, 3.05) is 5.32 Å². The zero-order valence-electron chi connectivity index (χ0n) is 16.5. The Balaban J connectivity index is 2.35. The van der Waals surface area contributed by atoms with E-state index in [1.807, 2.05) is 32.9 Å². The highest BCUT2D eigenvalue weighted by atomic mass is 16.3. The van der Waals surface area contributed by atoms with Crippen molar-refractivity contribution in [3.8, 4) is 0 Å². The maximum Gasteiger partial charge on any atom is 0.249 e. The van der Waals surface area contributed by atoms with E-state index in [4.69, 9.17) is 10.2 Å². The minimum absolute atomic E-state index is 0.0965.